The van der Waals surface area contributed by atoms with Crippen LogP contribution in [0.15, 0.2) is 54.7 Å². The minimum atomic E-state index is -0.0217. The second-order valence-electron chi connectivity index (χ2n) is 7.42. The first-order chi connectivity index (χ1) is 13.7. The molecule has 0 bridgehead atoms. The number of nitrogens with one attached hydrogen (secondary N) is 1. The van der Waals surface area contributed by atoms with E-state index >= 15 is 0 Å². The maximum atomic E-state index is 13.2. The molecular weight excluding hydrogens is 370 g/mol. The van der Waals surface area contributed by atoms with Crippen LogP contribution in [-0.2, 0) is 4.79 Å². The van der Waals surface area contributed by atoms with Crippen molar-refractivity contribution in [1.82, 2.24) is 14.8 Å². The molecule has 146 valence electrons. The maximum absolute atomic E-state index is 13.2. The molecule has 1 unspecified atom stereocenters. The van der Waals surface area contributed by atoms with Crippen LogP contribution in [0.2, 0.25) is 5.02 Å². The Hall–Kier alpha value is -2.30. The Morgan fingerprint density at radius 2 is 1.89 bits per heavy atom. The Bertz CT molecular complexity index is 959. The molecule has 28 heavy (non-hydrogen) atoms. The lowest BCUT2D eigenvalue weighted by Crippen LogP contribution is -2.48. The minimum absolute atomic E-state index is 0.0217. The summed E-state index contributed by atoms with van der Waals surface area (Å²) >= 11 is 6.28. The second kappa shape index (κ2) is 8.38. The summed E-state index contributed by atoms with van der Waals surface area (Å²) in [5.74, 6) is 0.192. The molecule has 1 N–H and O–H groups in total. The average molecular weight is 396 g/mol. The van der Waals surface area contributed by atoms with E-state index in [0.29, 0.717) is 11.4 Å². The molecule has 1 aliphatic heterocycles. The summed E-state index contributed by atoms with van der Waals surface area (Å²) in [5, 5.41) is 1.86. The van der Waals surface area contributed by atoms with Gasteiger partial charge in [0.05, 0.1) is 0 Å². The van der Waals surface area contributed by atoms with E-state index in [2.05, 4.69) is 35.0 Å². The number of hydrogen-bond acceptors (Lipinski definition) is 2. The molecule has 0 aliphatic carbocycles. The molecule has 2 heterocycles. The number of piperazine rings is 1. The molecule has 0 radical (unpaired) electrons. The number of carbonyl (C=O) groups excluding carboxylic acids is 1. The lowest BCUT2D eigenvalue weighted by atomic mass is 9.87. The van der Waals surface area contributed by atoms with Gasteiger partial charge in [0.2, 0.25) is 5.91 Å². The Balaban J connectivity index is 1.63. The quantitative estimate of drug-likeness (QED) is 0.690. The van der Waals surface area contributed by atoms with E-state index in [1.54, 1.807) is 0 Å². The van der Waals surface area contributed by atoms with Crippen LogP contribution in [0.3, 0.4) is 0 Å². The molecule has 4 rings (SSSR count). The second-order valence-corrected chi connectivity index (χ2v) is 7.85. The number of aromatic nitrogens is 1. The summed E-state index contributed by atoms with van der Waals surface area (Å²) in [5.41, 5.74) is 3.32. The van der Waals surface area contributed by atoms with Crippen LogP contribution >= 0.6 is 11.6 Å². The zero-order chi connectivity index (χ0) is 19.5. The van der Waals surface area contributed by atoms with Gasteiger partial charge in [-0.25, -0.2) is 0 Å². The lowest BCUT2D eigenvalue weighted by Gasteiger charge is -2.34. The predicted octanol–water partition coefficient (Wildman–Crippen LogP) is 4.51. The van der Waals surface area contributed by atoms with Crippen molar-refractivity contribution >= 4 is 28.4 Å². The fourth-order valence-corrected chi connectivity index (χ4v) is 4.33. The number of carbonyl (C=O) groups is 1. The topological polar surface area (TPSA) is 39.3 Å². The third kappa shape index (κ3) is 3.94. The summed E-state index contributed by atoms with van der Waals surface area (Å²) < 4.78 is 0. The van der Waals surface area contributed by atoms with Crippen LogP contribution in [0.25, 0.3) is 10.9 Å². The third-order valence-electron chi connectivity index (χ3n) is 5.80. The van der Waals surface area contributed by atoms with Crippen molar-refractivity contribution in [2.75, 3.05) is 32.7 Å². The molecule has 1 aliphatic rings. The van der Waals surface area contributed by atoms with E-state index in [1.807, 2.05) is 41.4 Å². The third-order valence-corrected chi connectivity index (χ3v) is 6.03. The van der Waals surface area contributed by atoms with Crippen molar-refractivity contribution in [2.24, 2.45) is 0 Å². The maximum Gasteiger partial charge on any atom is 0.223 e. The number of benzene rings is 2. The predicted molar refractivity (Wildman–Crippen MR) is 115 cm³/mol. The highest BCUT2D eigenvalue weighted by Gasteiger charge is 2.26. The number of hydrogen-bond donors (Lipinski definition) is 1. The highest BCUT2D eigenvalue weighted by atomic mass is 35.5. The van der Waals surface area contributed by atoms with E-state index in [9.17, 15) is 4.79 Å². The van der Waals surface area contributed by atoms with E-state index < -0.39 is 0 Å². The van der Waals surface area contributed by atoms with Crippen molar-refractivity contribution in [3.63, 3.8) is 0 Å². The van der Waals surface area contributed by atoms with Crippen LogP contribution in [0.1, 0.15) is 30.4 Å². The molecule has 0 spiro atoms. The number of nitrogens with zero attached hydrogens (tertiary/aromatic N) is 2. The number of aromatic amines is 1. The minimum Gasteiger partial charge on any atom is -0.361 e. The molecule has 0 saturated carbocycles. The average Bonchev–Trinajstić information content (AvgIpc) is 3.16. The Morgan fingerprint density at radius 3 is 2.64 bits per heavy atom. The van der Waals surface area contributed by atoms with Gasteiger partial charge >= 0.3 is 0 Å². The number of amides is 1. The van der Waals surface area contributed by atoms with Crippen LogP contribution in [0.4, 0.5) is 0 Å². The number of likely N-dealkylation sites (N-methyl/N-ethyl adjacent to an activating group) is 1. The van der Waals surface area contributed by atoms with Gasteiger partial charge in [-0.05, 0) is 35.9 Å². The molecule has 1 atom stereocenters. The number of fused-ring (bicyclic) bond motifs is 1. The van der Waals surface area contributed by atoms with Gasteiger partial charge in [-0.1, -0.05) is 48.9 Å². The molecule has 3 aromatic rings. The fraction of sp³-hybridized carbons (Fsp3) is 0.348. The first-order valence-corrected chi connectivity index (χ1v) is 10.3. The zero-order valence-corrected chi connectivity index (χ0v) is 17.0. The summed E-state index contributed by atoms with van der Waals surface area (Å²) in [6.07, 6.45) is 2.49. The molecular formula is C23H26ClN3O. The summed E-state index contributed by atoms with van der Waals surface area (Å²) in [7, 11) is 0. The van der Waals surface area contributed by atoms with Gasteiger partial charge < -0.3 is 14.8 Å². The smallest absolute Gasteiger partial charge is 0.223 e. The molecule has 1 amide bonds. The van der Waals surface area contributed by atoms with Gasteiger partial charge in [-0.3, -0.25) is 4.79 Å². The highest BCUT2D eigenvalue weighted by Crippen LogP contribution is 2.35. The number of para-hydroxylation sites is 1. The molecule has 4 nitrogen and oxygen atoms in total. The summed E-state index contributed by atoms with van der Waals surface area (Å²) in [4.78, 5) is 20.9. The normalized spacial score (nSPS) is 16.4. The van der Waals surface area contributed by atoms with Crippen molar-refractivity contribution in [1.29, 1.82) is 0 Å². The Kier molecular flexibility index (Phi) is 5.69. The van der Waals surface area contributed by atoms with Crippen LogP contribution in [0, 0.1) is 0 Å². The van der Waals surface area contributed by atoms with Gasteiger partial charge in [-0.2, -0.15) is 0 Å². The largest absolute Gasteiger partial charge is 0.361 e. The van der Waals surface area contributed by atoms with Crippen LogP contribution < -0.4 is 0 Å². The molecule has 1 saturated heterocycles. The van der Waals surface area contributed by atoms with Crippen molar-refractivity contribution in [3.8, 4) is 0 Å². The standard InChI is InChI=1S/C23H26ClN3O/c1-2-26-10-12-27(13-11-26)23(28)15-20(17-6-5-7-18(24)14-17)21-16-25-22-9-4-3-8-19(21)22/h3-9,14,16,20,25H,2,10-13,15H2,1H3. The van der Waals surface area contributed by atoms with Crippen molar-refractivity contribution < 1.29 is 4.79 Å². The summed E-state index contributed by atoms with van der Waals surface area (Å²) in [6, 6.07) is 16.1. The Morgan fingerprint density at radius 1 is 1.11 bits per heavy atom. The van der Waals surface area contributed by atoms with E-state index in [-0.39, 0.29) is 11.8 Å². The Labute approximate surface area is 171 Å². The molecule has 1 aromatic heterocycles. The van der Waals surface area contributed by atoms with Crippen LogP contribution in [0.5, 0.6) is 0 Å². The van der Waals surface area contributed by atoms with E-state index in [4.69, 9.17) is 11.6 Å². The lowest BCUT2D eigenvalue weighted by molar-refractivity contribution is -0.133. The number of halogens is 1. The SMILES string of the molecule is CCN1CCN(C(=O)CC(c2cccc(Cl)c2)c2c[nH]c3ccccc23)CC1. The fourth-order valence-electron chi connectivity index (χ4n) is 4.13. The molecule has 1 fully saturated rings. The van der Waals surface area contributed by atoms with E-state index in [0.717, 1.165) is 54.8 Å². The van der Waals surface area contributed by atoms with Gasteiger partial charge in [0.25, 0.3) is 0 Å². The molecule has 5 heteroatoms. The summed E-state index contributed by atoms with van der Waals surface area (Å²) in [6.45, 7) is 6.74. The van der Waals surface area contributed by atoms with Gasteiger partial charge in [0, 0.05) is 60.6 Å². The first-order valence-electron chi connectivity index (χ1n) is 9.97. The van der Waals surface area contributed by atoms with E-state index in [1.165, 1.54) is 0 Å². The van der Waals surface area contributed by atoms with Gasteiger partial charge in [-0.15, -0.1) is 0 Å². The first kappa shape index (κ1) is 19.0. The van der Waals surface area contributed by atoms with Crippen molar-refractivity contribution in [2.45, 2.75) is 19.3 Å². The number of rotatable bonds is 5. The number of H-pyrrole nitrogens is 1. The van der Waals surface area contributed by atoms with Crippen LogP contribution in [-0.4, -0.2) is 53.4 Å². The monoisotopic (exact) mass is 395 g/mol. The van der Waals surface area contributed by atoms with Gasteiger partial charge in [0.1, 0.15) is 0 Å². The highest BCUT2D eigenvalue weighted by molar-refractivity contribution is 6.30. The molecule has 2 aromatic carbocycles. The van der Waals surface area contributed by atoms with Crippen molar-refractivity contribution in [3.05, 3.63) is 70.9 Å². The van der Waals surface area contributed by atoms with Gasteiger partial charge in [0.15, 0.2) is 0 Å². The zero-order valence-electron chi connectivity index (χ0n) is 16.2.